The molecule has 26 heavy (non-hydrogen) atoms. The molecule has 140 valence electrons. The summed E-state index contributed by atoms with van der Waals surface area (Å²) in [5.74, 6) is 1.07. The maximum Gasteiger partial charge on any atom is 0.222 e. The van der Waals surface area contributed by atoms with Gasteiger partial charge in [0, 0.05) is 38.1 Å². The summed E-state index contributed by atoms with van der Waals surface area (Å²) in [5, 5.41) is 0. The summed E-state index contributed by atoms with van der Waals surface area (Å²) >= 11 is 0. The highest BCUT2D eigenvalue weighted by Crippen LogP contribution is 2.22. The van der Waals surface area contributed by atoms with Crippen molar-refractivity contribution in [3.05, 3.63) is 66.5 Å². The van der Waals surface area contributed by atoms with E-state index in [1.807, 2.05) is 18.2 Å². The van der Waals surface area contributed by atoms with E-state index in [1.165, 1.54) is 5.56 Å². The summed E-state index contributed by atoms with van der Waals surface area (Å²) in [6.45, 7) is 2.86. The summed E-state index contributed by atoms with van der Waals surface area (Å²) in [7, 11) is 0. The Morgan fingerprint density at radius 2 is 1.62 bits per heavy atom. The van der Waals surface area contributed by atoms with Crippen molar-refractivity contribution in [1.82, 2.24) is 4.90 Å². The van der Waals surface area contributed by atoms with E-state index in [-0.39, 0.29) is 17.0 Å². The summed E-state index contributed by atoms with van der Waals surface area (Å²) in [6.07, 6.45) is 10.3. The van der Waals surface area contributed by atoms with Gasteiger partial charge >= 0.3 is 0 Å². The molecule has 1 aromatic heterocycles. The van der Waals surface area contributed by atoms with Gasteiger partial charge < -0.3 is 21.9 Å². The molecule has 0 atom stereocenters. The van der Waals surface area contributed by atoms with Crippen LogP contribution in [0.2, 0.25) is 0 Å². The first-order valence-electron chi connectivity index (χ1n) is 9.57. The SMILES string of the molecule is O=C(CCCC[n+]1ccccc1)N1CCC(Cc2ccccc2)CC1.[Br-]. The van der Waals surface area contributed by atoms with Gasteiger partial charge in [-0.1, -0.05) is 36.4 Å². The molecule has 1 fully saturated rings. The van der Waals surface area contributed by atoms with Gasteiger partial charge in [0.15, 0.2) is 12.4 Å². The Kier molecular flexibility index (Phi) is 8.82. The molecule has 1 aromatic carbocycles. The number of amides is 1. The molecule has 3 rings (SSSR count). The Morgan fingerprint density at radius 1 is 0.962 bits per heavy atom. The fourth-order valence-electron chi connectivity index (χ4n) is 3.65. The van der Waals surface area contributed by atoms with E-state index in [0.717, 1.165) is 57.7 Å². The number of hydrogen-bond acceptors (Lipinski definition) is 1. The first-order chi connectivity index (χ1) is 12.3. The van der Waals surface area contributed by atoms with Crippen LogP contribution in [0.3, 0.4) is 0 Å². The highest BCUT2D eigenvalue weighted by Gasteiger charge is 2.22. The van der Waals surface area contributed by atoms with Crippen molar-refractivity contribution in [3.8, 4) is 0 Å². The molecular formula is C22H29BrN2O. The Hall–Kier alpha value is -1.68. The normalized spacial score (nSPS) is 14.7. The largest absolute Gasteiger partial charge is 1.00 e. The lowest BCUT2D eigenvalue weighted by Gasteiger charge is -2.32. The second-order valence-electron chi connectivity index (χ2n) is 7.08. The predicted octanol–water partition coefficient (Wildman–Crippen LogP) is 0.630. The number of halogens is 1. The Bertz CT molecular complexity index is 640. The van der Waals surface area contributed by atoms with Gasteiger partial charge in [-0.25, -0.2) is 4.57 Å². The Morgan fingerprint density at radius 3 is 2.31 bits per heavy atom. The second kappa shape index (κ2) is 11.1. The number of aryl methyl sites for hydroxylation is 1. The van der Waals surface area contributed by atoms with Crippen molar-refractivity contribution >= 4 is 5.91 Å². The summed E-state index contributed by atoms with van der Waals surface area (Å²) in [6, 6.07) is 16.8. The van der Waals surface area contributed by atoms with Crippen LogP contribution in [0.4, 0.5) is 0 Å². The number of aromatic nitrogens is 1. The van der Waals surface area contributed by atoms with Gasteiger partial charge in [0.05, 0.1) is 0 Å². The van der Waals surface area contributed by atoms with Gasteiger partial charge in [0.25, 0.3) is 0 Å². The number of carbonyl (C=O) groups excluding carboxylic acids is 1. The number of benzene rings is 1. The average Bonchev–Trinajstić information content (AvgIpc) is 2.67. The van der Waals surface area contributed by atoms with E-state index in [1.54, 1.807) is 0 Å². The summed E-state index contributed by atoms with van der Waals surface area (Å²) < 4.78 is 2.18. The Balaban J connectivity index is 0.00000243. The molecule has 0 aliphatic carbocycles. The maximum absolute atomic E-state index is 12.4. The van der Waals surface area contributed by atoms with Crippen LogP contribution >= 0.6 is 0 Å². The van der Waals surface area contributed by atoms with E-state index >= 15 is 0 Å². The van der Waals surface area contributed by atoms with Gasteiger partial charge in [-0.2, -0.15) is 0 Å². The molecule has 0 N–H and O–H groups in total. The highest BCUT2D eigenvalue weighted by atomic mass is 79.9. The van der Waals surface area contributed by atoms with Crippen LogP contribution in [0.25, 0.3) is 0 Å². The van der Waals surface area contributed by atoms with Crippen molar-refractivity contribution < 1.29 is 26.3 Å². The molecule has 2 heterocycles. The third-order valence-corrected chi connectivity index (χ3v) is 5.17. The van der Waals surface area contributed by atoms with Crippen molar-refractivity contribution in [3.63, 3.8) is 0 Å². The second-order valence-corrected chi connectivity index (χ2v) is 7.08. The summed E-state index contributed by atoms with van der Waals surface area (Å²) in [4.78, 5) is 14.5. The predicted molar refractivity (Wildman–Crippen MR) is 99.9 cm³/mol. The minimum absolute atomic E-state index is 0. The maximum atomic E-state index is 12.4. The van der Waals surface area contributed by atoms with Gasteiger partial charge in [-0.15, -0.1) is 0 Å². The van der Waals surface area contributed by atoms with Crippen LogP contribution in [0.15, 0.2) is 60.9 Å². The first-order valence-corrected chi connectivity index (χ1v) is 9.57. The molecule has 0 bridgehead atoms. The number of pyridine rings is 1. The number of hydrogen-bond donors (Lipinski definition) is 0. The molecule has 0 spiro atoms. The number of carbonyl (C=O) groups is 1. The van der Waals surface area contributed by atoms with Crippen molar-refractivity contribution in [2.24, 2.45) is 5.92 Å². The smallest absolute Gasteiger partial charge is 0.222 e. The van der Waals surface area contributed by atoms with Gasteiger partial charge in [-0.05, 0) is 37.2 Å². The standard InChI is InChI=1S/C22H29N2O.BrH/c25-22(11-5-8-16-23-14-6-2-7-15-23)24-17-12-21(13-18-24)19-20-9-3-1-4-10-20;/h1-4,6-7,9-10,14-15,21H,5,8,11-13,16-19H2;1H/q+1;/p-1. The lowest BCUT2D eigenvalue weighted by Crippen LogP contribution is -3.00. The molecule has 0 unspecified atom stereocenters. The average molecular weight is 417 g/mol. The van der Waals surface area contributed by atoms with Crippen LogP contribution in [-0.4, -0.2) is 23.9 Å². The molecule has 0 saturated carbocycles. The van der Waals surface area contributed by atoms with Crippen molar-refractivity contribution in [2.75, 3.05) is 13.1 Å². The van der Waals surface area contributed by atoms with Crippen LogP contribution in [0.1, 0.15) is 37.7 Å². The van der Waals surface area contributed by atoms with Crippen LogP contribution in [-0.2, 0) is 17.8 Å². The van der Waals surface area contributed by atoms with Crippen molar-refractivity contribution in [2.45, 2.75) is 45.1 Å². The lowest BCUT2D eigenvalue weighted by atomic mass is 9.90. The van der Waals surface area contributed by atoms with Crippen LogP contribution in [0.5, 0.6) is 0 Å². The monoisotopic (exact) mass is 416 g/mol. The van der Waals surface area contributed by atoms with Gasteiger partial charge in [0.2, 0.25) is 5.91 Å². The first kappa shape index (κ1) is 20.6. The Labute approximate surface area is 167 Å². The van der Waals surface area contributed by atoms with E-state index in [9.17, 15) is 4.79 Å². The molecule has 1 aliphatic rings. The van der Waals surface area contributed by atoms with Crippen LogP contribution < -0.4 is 21.5 Å². The zero-order valence-corrected chi connectivity index (χ0v) is 17.0. The van der Waals surface area contributed by atoms with Gasteiger partial charge in [0.1, 0.15) is 6.54 Å². The zero-order valence-electron chi connectivity index (χ0n) is 15.4. The van der Waals surface area contributed by atoms with E-state index < -0.39 is 0 Å². The fraction of sp³-hybridized carbons (Fsp3) is 0.455. The molecular weight excluding hydrogens is 388 g/mol. The molecule has 1 saturated heterocycles. The number of rotatable bonds is 7. The number of likely N-dealkylation sites (tertiary alicyclic amines) is 1. The molecule has 4 heteroatoms. The molecule has 1 amide bonds. The van der Waals surface area contributed by atoms with Crippen LogP contribution in [0, 0.1) is 5.92 Å². The van der Waals surface area contributed by atoms with E-state index in [4.69, 9.17) is 0 Å². The zero-order chi connectivity index (χ0) is 17.3. The number of piperidine rings is 1. The van der Waals surface area contributed by atoms with E-state index in [0.29, 0.717) is 12.3 Å². The van der Waals surface area contributed by atoms with E-state index in [2.05, 4.69) is 52.2 Å². The third-order valence-electron chi connectivity index (χ3n) is 5.17. The molecule has 3 nitrogen and oxygen atoms in total. The highest BCUT2D eigenvalue weighted by molar-refractivity contribution is 5.76. The molecule has 2 aromatic rings. The molecule has 1 aliphatic heterocycles. The summed E-state index contributed by atoms with van der Waals surface area (Å²) in [5.41, 5.74) is 1.42. The topological polar surface area (TPSA) is 24.2 Å². The number of unbranched alkanes of at least 4 members (excludes halogenated alkanes) is 1. The quantitative estimate of drug-likeness (QED) is 0.479. The third kappa shape index (κ3) is 6.56. The minimum Gasteiger partial charge on any atom is -1.00 e. The molecule has 0 radical (unpaired) electrons. The lowest BCUT2D eigenvalue weighted by molar-refractivity contribution is -0.697. The number of nitrogens with zero attached hydrogens (tertiary/aromatic N) is 2. The van der Waals surface area contributed by atoms with Crippen molar-refractivity contribution in [1.29, 1.82) is 0 Å². The van der Waals surface area contributed by atoms with Gasteiger partial charge in [-0.3, -0.25) is 4.79 Å². The fourth-order valence-corrected chi connectivity index (χ4v) is 3.65. The minimum atomic E-state index is 0.